The molecule has 1 aromatic carbocycles. The summed E-state index contributed by atoms with van der Waals surface area (Å²) in [7, 11) is 0. The van der Waals surface area contributed by atoms with Crippen LogP contribution in [0.3, 0.4) is 0 Å². The van der Waals surface area contributed by atoms with Crippen molar-refractivity contribution in [1.29, 1.82) is 0 Å². The molecule has 2 heterocycles. The molecule has 4 heteroatoms. The molecule has 94 valence electrons. The van der Waals surface area contributed by atoms with Crippen molar-refractivity contribution in [2.75, 3.05) is 5.73 Å². The van der Waals surface area contributed by atoms with Crippen molar-refractivity contribution in [2.45, 2.75) is 10.8 Å². The van der Waals surface area contributed by atoms with Crippen molar-refractivity contribution in [3.63, 3.8) is 0 Å². The number of nitrogens with two attached hydrogens (primary N) is 1. The summed E-state index contributed by atoms with van der Waals surface area (Å²) in [6, 6.07) is 14.1. The van der Waals surface area contributed by atoms with Gasteiger partial charge in [-0.05, 0) is 29.8 Å². The lowest BCUT2D eigenvalue weighted by Crippen LogP contribution is -1.89. The van der Waals surface area contributed by atoms with Gasteiger partial charge in [-0.25, -0.2) is 4.98 Å². The van der Waals surface area contributed by atoms with Crippen LogP contribution < -0.4 is 5.73 Å². The van der Waals surface area contributed by atoms with Crippen LogP contribution in [0.1, 0.15) is 5.56 Å². The highest BCUT2D eigenvalue weighted by molar-refractivity contribution is 7.98. The second kappa shape index (κ2) is 5.28. The van der Waals surface area contributed by atoms with Gasteiger partial charge in [0.05, 0.1) is 22.4 Å². The average Bonchev–Trinajstić information content (AvgIpc) is 2.47. The highest BCUT2D eigenvalue weighted by Gasteiger charge is 2.03. The Balaban J connectivity index is 1.84. The molecule has 0 fully saturated rings. The fraction of sp³-hybridized carbons (Fsp3) is 0.0667. The molecule has 0 unspecified atom stereocenters. The van der Waals surface area contributed by atoms with Gasteiger partial charge in [-0.15, -0.1) is 11.8 Å². The van der Waals surface area contributed by atoms with Crippen molar-refractivity contribution in [2.24, 2.45) is 0 Å². The van der Waals surface area contributed by atoms with Gasteiger partial charge in [0, 0.05) is 17.3 Å². The van der Waals surface area contributed by atoms with Crippen molar-refractivity contribution in [3.05, 3.63) is 60.4 Å². The Hall–Kier alpha value is -2.07. The Bertz CT molecular complexity index is 690. The number of nitrogens with zero attached hydrogens (tertiary/aromatic N) is 2. The van der Waals surface area contributed by atoms with Crippen LogP contribution in [0.2, 0.25) is 0 Å². The zero-order chi connectivity index (χ0) is 13.1. The molecule has 2 N–H and O–H groups in total. The predicted molar refractivity (Wildman–Crippen MR) is 80.0 cm³/mol. The molecule has 3 nitrogen and oxygen atoms in total. The Morgan fingerprint density at radius 2 is 1.89 bits per heavy atom. The highest BCUT2D eigenvalue weighted by atomic mass is 32.2. The van der Waals surface area contributed by atoms with Crippen LogP contribution in [0.5, 0.6) is 0 Å². The third kappa shape index (κ3) is 2.69. The van der Waals surface area contributed by atoms with E-state index in [-0.39, 0.29) is 0 Å². The molecule has 0 saturated heterocycles. The van der Waals surface area contributed by atoms with Crippen molar-refractivity contribution in [3.8, 4) is 0 Å². The SMILES string of the molecule is Nc1ccc(SCc2ccnc3ccccc23)nc1. The minimum absolute atomic E-state index is 0.693. The first kappa shape index (κ1) is 12.0. The molecular weight excluding hydrogens is 254 g/mol. The molecule has 3 aromatic rings. The van der Waals surface area contributed by atoms with Crippen molar-refractivity contribution < 1.29 is 0 Å². The van der Waals surface area contributed by atoms with Crippen LogP contribution >= 0.6 is 11.8 Å². The number of thioether (sulfide) groups is 1. The van der Waals surface area contributed by atoms with E-state index >= 15 is 0 Å². The quantitative estimate of drug-likeness (QED) is 0.738. The van der Waals surface area contributed by atoms with Crippen LogP contribution in [0.25, 0.3) is 10.9 Å². The fourth-order valence-corrected chi connectivity index (χ4v) is 2.76. The molecule has 0 radical (unpaired) electrons. The molecule has 0 amide bonds. The van der Waals surface area contributed by atoms with Gasteiger partial charge < -0.3 is 5.73 Å². The van der Waals surface area contributed by atoms with Crippen LogP contribution in [0.4, 0.5) is 5.69 Å². The number of rotatable bonds is 3. The molecule has 0 spiro atoms. The molecule has 0 bridgehead atoms. The molecule has 0 atom stereocenters. The molecular formula is C15H13N3S. The topological polar surface area (TPSA) is 51.8 Å². The van der Waals surface area contributed by atoms with Gasteiger partial charge >= 0.3 is 0 Å². The van der Waals surface area contributed by atoms with Gasteiger partial charge in [0.15, 0.2) is 0 Å². The maximum Gasteiger partial charge on any atom is 0.0964 e. The van der Waals surface area contributed by atoms with E-state index in [1.807, 2.05) is 36.5 Å². The van der Waals surface area contributed by atoms with E-state index in [0.29, 0.717) is 5.69 Å². The second-order valence-corrected chi connectivity index (χ2v) is 5.20. The molecule has 0 aliphatic carbocycles. The number of pyridine rings is 2. The molecule has 0 aliphatic heterocycles. The summed E-state index contributed by atoms with van der Waals surface area (Å²) in [4.78, 5) is 8.66. The van der Waals surface area contributed by atoms with E-state index in [9.17, 15) is 0 Å². The normalized spacial score (nSPS) is 10.7. The third-order valence-corrected chi connectivity index (χ3v) is 3.87. The standard InChI is InChI=1S/C15H13N3S/c16-12-5-6-15(18-9-12)19-10-11-7-8-17-14-4-2-1-3-13(11)14/h1-9H,10,16H2. The Labute approximate surface area is 115 Å². The lowest BCUT2D eigenvalue weighted by Gasteiger charge is -2.05. The number of hydrogen-bond acceptors (Lipinski definition) is 4. The highest BCUT2D eigenvalue weighted by Crippen LogP contribution is 2.25. The monoisotopic (exact) mass is 267 g/mol. The van der Waals surface area contributed by atoms with Crippen molar-refractivity contribution in [1.82, 2.24) is 9.97 Å². The first-order valence-electron chi connectivity index (χ1n) is 6.00. The number of hydrogen-bond donors (Lipinski definition) is 1. The summed E-state index contributed by atoms with van der Waals surface area (Å²) in [6.07, 6.45) is 3.54. The summed E-state index contributed by atoms with van der Waals surface area (Å²) < 4.78 is 0. The maximum atomic E-state index is 5.63. The van der Waals surface area contributed by atoms with Crippen molar-refractivity contribution >= 4 is 28.4 Å². The average molecular weight is 267 g/mol. The number of anilines is 1. The molecule has 2 aromatic heterocycles. The van der Waals surface area contributed by atoms with E-state index < -0.39 is 0 Å². The van der Waals surface area contributed by atoms with Gasteiger partial charge in [0.25, 0.3) is 0 Å². The summed E-state index contributed by atoms with van der Waals surface area (Å²) in [5.74, 6) is 0.875. The predicted octanol–water partition coefficient (Wildman–Crippen LogP) is 3.50. The minimum atomic E-state index is 0.693. The van der Waals surface area contributed by atoms with Crippen LogP contribution in [0.15, 0.2) is 59.9 Å². The van der Waals surface area contributed by atoms with Gasteiger partial charge in [-0.1, -0.05) is 18.2 Å². The molecule has 3 rings (SSSR count). The van der Waals surface area contributed by atoms with Gasteiger partial charge in [-0.2, -0.15) is 0 Å². The second-order valence-electron chi connectivity index (χ2n) is 4.21. The zero-order valence-corrected chi connectivity index (χ0v) is 11.1. The number of nitrogen functional groups attached to an aromatic ring is 1. The van der Waals surface area contributed by atoms with Gasteiger partial charge in [0.2, 0.25) is 0 Å². The fourth-order valence-electron chi connectivity index (χ4n) is 1.91. The largest absolute Gasteiger partial charge is 0.397 e. The third-order valence-electron chi connectivity index (χ3n) is 2.87. The first-order chi connectivity index (χ1) is 9.33. The first-order valence-corrected chi connectivity index (χ1v) is 6.98. The van der Waals surface area contributed by atoms with E-state index in [4.69, 9.17) is 5.73 Å². The number of para-hydroxylation sites is 1. The summed E-state index contributed by atoms with van der Waals surface area (Å²) in [5, 5.41) is 2.18. The van der Waals surface area contributed by atoms with E-state index in [1.165, 1.54) is 10.9 Å². The molecule has 0 saturated carbocycles. The lowest BCUT2D eigenvalue weighted by atomic mass is 10.1. The van der Waals surface area contributed by atoms with E-state index in [1.54, 1.807) is 18.0 Å². The lowest BCUT2D eigenvalue weighted by molar-refractivity contribution is 1.13. The Kier molecular flexibility index (Phi) is 3.33. The van der Waals surface area contributed by atoms with Gasteiger partial charge in [0.1, 0.15) is 0 Å². The maximum absolute atomic E-state index is 5.63. The van der Waals surface area contributed by atoms with Gasteiger partial charge in [-0.3, -0.25) is 4.98 Å². The Morgan fingerprint density at radius 3 is 2.74 bits per heavy atom. The minimum Gasteiger partial charge on any atom is -0.397 e. The smallest absolute Gasteiger partial charge is 0.0964 e. The van der Waals surface area contributed by atoms with E-state index in [2.05, 4.69) is 22.1 Å². The van der Waals surface area contributed by atoms with Crippen LogP contribution in [0, 0.1) is 0 Å². The van der Waals surface area contributed by atoms with Crippen LogP contribution in [-0.2, 0) is 5.75 Å². The zero-order valence-electron chi connectivity index (χ0n) is 10.3. The number of benzene rings is 1. The summed E-state index contributed by atoms with van der Waals surface area (Å²) >= 11 is 1.70. The van der Waals surface area contributed by atoms with E-state index in [0.717, 1.165) is 16.3 Å². The van der Waals surface area contributed by atoms with Crippen LogP contribution in [-0.4, -0.2) is 9.97 Å². The Morgan fingerprint density at radius 1 is 1.00 bits per heavy atom. The molecule has 19 heavy (non-hydrogen) atoms. The number of aromatic nitrogens is 2. The summed E-state index contributed by atoms with van der Waals surface area (Å²) in [5.41, 5.74) is 8.63. The summed E-state index contributed by atoms with van der Waals surface area (Å²) in [6.45, 7) is 0. The number of fused-ring (bicyclic) bond motifs is 1. The molecule has 0 aliphatic rings.